The predicted octanol–water partition coefficient (Wildman–Crippen LogP) is 4.55. The van der Waals surface area contributed by atoms with Crippen molar-refractivity contribution in [2.75, 3.05) is 13.7 Å². The number of rotatable bonds is 1. The van der Waals surface area contributed by atoms with Crippen LogP contribution in [0.2, 0.25) is 0 Å². The average molecular weight is 312 g/mol. The van der Waals surface area contributed by atoms with Crippen LogP contribution in [0.3, 0.4) is 0 Å². The minimum Gasteiger partial charge on any atom is -0.504 e. The third kappa shape index (κ3) is 1.92. The van der Waals surface area contributed by atoms with Crippen LogP contribution in [0, 0.1) is 6.92 Å². The van der Waals surface area contributed by atoms with E-state index in [2.05, 4.69) is 32.9 Å². The van der Waals surface area contributed by atoms with E-state index in [-0.39, 0.29) is 11.5 Å². The smallest absolute Gasteiger partial charge is 0.169 e. The molecular formula is C20H24O3. The normalized spacial score (nSPS) is 21.8. The summed E-state index contributed by atoms with van der Waals surface area (Å²) >= 11 is 0. The topological polar surface area (TPSA) is 38.7 Å². The van der Waals surface area contributed by atoms with E-state index in [0.717, 1.165) is 30.2 Å². The first kappa shape index (κ1) is 14.8. The third-order valence-corrected chi connectivity index (χ3v) is 5.66. The number of fused-ring (bicyclic) bond motifs is 2. The lowest BCUT2D eigenvalue weighted by Crippen LogP contribution is -2.26. The number of benzene rings is 2. The maximum atomic E-state index is 11.0. The molecule has 1 aliphatic heterocycles. The van der Waals surface area contributed by atoms with Crippen molar-refractivity contribution in [3.63, 3.8) is 0 Å². The number of methoxy groups -OCH3 is 1. The highest BCUT2D eigenvalue weighted by Crippen LogP contribution is 2.53. The first-order valence-corrected chi connectivity index (χ1v) is 8.43. The van der Waals surface area contributed by atoms with Gasteiger partial charge in [-0.15, -0.1) is 0 Å². The van der Waals surface area contributed by atoms with Crippen LogP contribution in [0.25, 0.3) is 10.8 Å². The van der Waals surface area contributed by atoms with Crippen LogP contribution in [-0.2, 0) is 16.6 Å². The van der Waals surface area contributed by atoms with Crippen LogP contribution in [0.4, 0.5) is 0 Å². The zero-order valence-corrected chi connectivity index (χ0v) is 14.3. The Morgan fingerprint density at radius 3 is 2.83 bits per heavy atom. The SMILES string of the molecule is CO[C@H]1COc2c(O)c3c(c4ccc(C)c1c24)CCCC3(C)C. The average Bonchev–Trinajstić information content (AvgIpc) is 2.52. The first-order valence-electron chi connectivity index (χ1n) is 8.43. The molecule has 0 fully saturated rings. The van der Waals surface area contributed by atoms with Crippen molar-refractivity contribution < 1.29 is 14.6 Å². The van der Waals surface area contributed by atoms with Crippen molar-refractivity contribution in [1.29, 1.82) is 0 Å². The van der Waals surface area contributed by atoms with Gasteiger partial charge in [0.05, 0.1) is 0 Å². The molecule has 0 bridgehead atoms. The lowest BCUT2D eigenvalue weighted by molar-refractivity contribution is 0.0524. The van der Waals surface area contributed by atoms with Crippen LogP contribution < -0.4 is 4.74 Å². The van der Waals surface area contributed by atoms with Gasteiger partial charge in [0.15, 0.2) is 11.5 Å². The Kier molecular flexibility index (Phi) is 3.14. The number of phenols is 1. The van der Waals surface area contributed by atoms with E-state index in [1.165, 1.54) is 22.1 Å². The fourth-order valence-electron chi connectivity index (χ4n) is 4.53. The molecule has 3 heteroatoms. The molecule has 0 unspecified atom stereocenters. The number of hydrogen-bond acceptors (Lipinski definition) is 3. The summed E-state index contributed by atoms with van der Waals surface area (Å²) in [7, 11) is 1.72. The molecule has 0 radical (unpaired) electrons. The number of aryl methyl sites for hydroxylation is 2. The molecule has 1 aliphatic carbocycles. The molecule has 3 nitrogen and oxygen atoms in total. The highest BCUT2D eigenvalue weighted by molar-refractivity contribution is 5.99. The molecule has 1 N–H and O–H groups in total. The highest BCUT2D eigenvalue weighted by Gasteiger charge is 2.37. The van der Waals surface area contributed by atoms with E-state index in [0.29, 0.717) is 18.1 Å². The predicted molar refractivity (Wildman–Crippen MR) is 91.6 cm³/mol. The van der Waals surface area contributed by atoms with Gasteiger partial charge in [-0.25, -0.2) is 0 Å². The maximum Gasteiger partial charge on any atom is 0.169 e. The summed E-state index contributed by atoms with van der Waals surface area (Å²) in [5.74, 6) is 0.999. The molecule has 0 aromatic heterocycles. The van der Waals surface area contributed by atoms with Crippen molar-refractivity contribution in [1.82, 2.24) is 0 Å². The molecule has 2 aromatic carbocycles. The second kappa shape index (κ2) is 4.88. The van der Waals surface area contributed by atoms with E-state index >= 15 is 0 Å². The Morgan fingerprint density at radius 2 is 2.09 bits per heavy atom. The minimum absolute atomic E-state index is 0.0190. The Morgan fingerprint density at radius 1 is 1.30 bits per heavy atom. The molecule has 2 aliphatic rings. The van der Waals surface area contributed by atoms with Gasteiger partial charge in [-0.05, 0) is 53.7 Å². The number of ether oxygens (including phenoxy) is 2. The van der Waals surface area contributed by atoms with Gasteiger partial charge in [0.25, 0.3) is 0 Å². The van der Waals surface area contributed by atoms with Crippen LogP contribution in [-0.4, -0.2) is 18.8 Å². The number of hydrogen-bond donors (Lipinski definition) is 1. The monoisotopic (exact) mass is 312 g/mol. The van der Waals surface area contributed by atoms with Gasteiger partial charge < -0.3 is 14.6 Å². The van der Waals surface area contributed by atoms with E-state index in [1.807, 2.05) is 0 Å². The zero-order chi connectivity index (χ0) is 16.4. The molecule has 122 valence electrons. The zero-order valence-electron chi connectivity index (χ0n) is 14.3. The molecule has 0 saturated carbocycles. The molecule has 2 aromatic rings. The van der Waals surface area contributed by atoms with Crippen molar-refractivity contribution in [3.8, 4) is 11.5 Å². The van der Waals surface area contributed by atoms with Gasteiger partial charge in [-0.1, -0.05) is 26.0 Å². The quantitative estimate of drug-likeness (QED) is 0.839. The number of aromatic hydroxyl groups is 1. The molecule has 0 saturated heterocycles. The summed E-state index contributed by atoms with van der Waals surface area (Å²) in [4.78, 5) is 0. The molecule has 0 spiro atoms. The Hall–Kier alpha value is -1.74. The Labute approximate surface area is 137 Å². The van der Waals surface area contributed by atoms with Crippen LogP contribution in [0.15, 0.2) is 12.1 Å². The molecule has 0 amide bonds. The van der Waals surface area contributed by atoms with E-state index < -0.39 is 0 Å². The lowest BCUT2D eigenvalue weighted by Gasteiger charge is -2.37. The summed E-state index contributed by atoms with van der Waals surface area (Å²) < 4.78 is 11.6. The molecular weight excluding hydrogens is 288 g/mol. The van der Waals surface area contributed by atoms with E-state index in [1.54, 1.807) is 7.11 Å². The first-order chi connectivity index (χ1) is 11.0. The van der Waals surface area contributed by atoms with Crippen LogP contribution >= 0.6 is 0 Å². The molecule has 23 heavy (non-hydrogen) atoms. The van der Waals surface area contributed by atoms with E-state index in [4.69, 9.17) is 9.47 Å². The molecule has 4 rings (SSSR count). The van der Waals surface area contributed by atoms with Gasteiger partial charge in [0, 0.05) is 18.1 Å². The molecule has 1 atom stereocenters. The van der Waals surface area contributed by atoms with Crippen LogP contribution in [0.1, 0.15) is 55.0 Å². The van der Waals surface area contributed by atoms with Crippen molar-refractivity contribution in [3.05, 3.63) is 34.4 Å². The third-order valence-electron chi connectivity index (χ3n) is 5.66. The van der Waals surface area contributed by atoms with Gasteiger partial charge >= 0.3 is 0 Å². The Bertz CT molecular complexity index is 805. The van der Waals surface area contributed by atoms with Gasteiger partial charge in [0.1, 0.15) is 12.7 Å². The Balaban J connectivity index is 2.17. The summed E-state index contributed by atoms with van der Waals surface area (Å²) in [6, 6.07) is 4.37. The fourth-order valence-corrected chi connectivity index (χ4v) is 4.53. The second-order valence-electron chi connectivity index (χ2n) is 7.52. The molecule has 1 heterocycles. The van der Waals surface area contributed by atoms with Gasteiger partial charge in [-0.3, -0.25) is 0 Å². The van der Waals surface area contributed by atoms with Crippen molar-refractivity contribution >= 4 is 10.8 Å². The van der Waals surface area contributed by atoms with Gasteiger partial charge in [0.2, 0.25) is 0 Å². The van der Waals surface area contributed by atoms with E-state index in [9.17, 15) is 5.11 Å². The standard InChI is InChI=1S/C20H24O3/c1-11-7-8-12-13-6-5-9-20(2,3)17(13)18(21)19-16(12)15(11)14(22-4)10-23-19/h7-8,14,21H,5-6,9-10H2,1-4H3/t14-/m0/s1. The van der Waals surface area contributed by atoms with Crippen molar-refractivity contribution in [2.45, 2.75) is 51.6 Å². The second-order valence-corrected chi connectivity index (χ2v) is 7.52. The maximum absolute atomic E-state index is 11.0. The summed E-state index contributed by atoms with van der Waals surface area (Å²) in [5, 5.41) is 13.3. The summed E-state index contributed by atoms with van der Waals surface area (Å²) in [6.45, 7) is 7.00. The van der Waals surface area contributed by atoms with Crippen molar-refractivity contribution in [2.24, 2.45) is 0 Å². The summed E-state index contributed by atoms with van der Waals surface area (Å²) in [5.41, 5.74) is 4.72. The number of phenolic OH excluding ortho intramolecular Hbond substituents is 1. The fraction of sp³-hybridized carbons (Fsp3) is 0.500. The minimum atomic E-state index is -0.0692. The lowest BCUT2D eigenvalue weighted by atomic mass is 9.70. The largest absolute Gasteiger partial charge is 0.504 e. The van der Waals surface area contributed by atoms with Crippen LogP contribution in [0.5, 0.6) is 11.5 Å². The van der Waals surface area contributed by atoms with Gasteiger partial charge in [-0.2, -0.15) is 0 Å². The summed E-state index contributed by atoms with van der Waals surface area (Å²) in [6.07, 6.45) is 3.20. The highest BCUT2D eigenvalue weighted by atomic mass is 16.5.